The van der Waals surface area contributed by atoms with E-state index < -0.39 is 5.97 Å². The Morgan fingerprint density at radius 2 is 1.96 bits per heavy atom. The molecule has 3 aliphatic rings. The molecular formula is C18H34N2O3. The maximum atomic E-state index is 9.00. The molecule has 0 bridgehead atoms. The first-order chi connectivity index (χ1) is 10.9. The van der Waals surface area contributed by atoms with Gasteiger partial charge in [0.15, 0.2) is 0 Å². The van der Waals surface area contributed by atoms with Crippen molar-refractivity contribution in [3.05, 3.63) is 0 Å². The molecule has 1 aliphatic carbocycles. The fourth-order valence-corrected chi connectivity index (χ4v) is 3.53. The zero-order chi connectivity index (χ0) is 16.9. The number of nitrogens with one attached hydrogen (secondary N) is 1. The SMILES string of the molecule is CC(=O)O.CC(C)CCN1CCC(C2CNCC3(CC3)O2)CC1. The predicted molar refractivity (Wildman–Crippen MR) is 91.6 cm³/mol. The number of nitrogens with zero attached hydrogens (tertiary/aromatic N) is 1. The number of hydrogen-bond donors (Lipinski definition) is 2. The standard InChI is InChI=1S/C16H30N2O.C2H4O2/c1-13(2)3-8-18-9-4-14(5-10-18)15-11-17-12-16(19-15)6-7-16;1-2(3)4/h13-15,17H,3-12H2,1-2H3;1H3,(H,3,4). The van der Waals surface area contributed by atoms with Gasteiger partial charge in [0.25, 0.3) is 5.97 Å². The van der Waals surface area contributed by atoms with E-state index in [1.807, 2.05) is 0 Å². The number of ether oxygens (including phenoxy) is 1. The number of rotatable bonds is 4. The van der Waals surface area contributed by atoms with E-state index in [4.69, 9.17) is 14.6 Å². The normalized spacial score (nSPS) is 27.6. The molecule has 5 nitrogen and oxygen atoms in total. The van der Waals surface area contributed by atoms with Crippen molar-refractivity contribution in [3.8, 4) is 0 Å². The second-order valence-electron chi connectivity index (χ2n) is 7.85. The summed E-state index contributed by atoms with van der Waals surface area (Å²) in [5, 5.41) is 11.0. The van der Waals surface area contributed by atoms with Gasteiger partial charge in [-0.05, 0) is 63.6 Å². The van der Waals surface area contributed by atoms with Crippen molar-refractivity contribution < 1.29 is 14.6 Å². The molecule has 134 valence electrons. The van der Waals surface area contributed by atoms with Crippen molar-refractivity contribution in [3.63, 3.8) is 0 Å². The Labute approximate surface area is 140 Å². The monoisotopic (exact) mass is 326 g/mol. The molecule has 0 radical (unpaired) electrons. The zero-order valence-electron chi connectivity index (χ0n) is 15.0. The average Bonchev–Trinajstić information content (AvgIpc) is 3.24. The average molecular weight is 326 g/mol. The Hall–Kier alpha value is -0.650. The molecule has 5 heteroatoms. The van der Waals surface area contributed by atoms with Crippen molar-refractivity contribution >= 4 is 5.97 Å². The minimum absolute atomic E-state index is 0.262. The number of carboxylic acid groups (broad SMARTS) is 1. The molecule has 1 saturated carbocycles. The van der Waals surface area contributed by atoms with Gasteiger partial charge in [-0.25, -0.2) is 0 Å². The predicted octanol–water partition coefficient (Wildman–Crippen LogP) is 2.36. The fraction of sp³-hybridized carbons (Fsp3) is 0.944. The summed E-state index contributed by atoms with van der Waals surface area (Å²) in [5.74, 6) is 0.791. The topological polar surface area (TPSA) is 61.8 Å². The minimum atomic E-state index is -0.833. The van der Waals surface area contributed by atoms with Crippen LogP contribution in [0, 0.1) is 11.8 Å². The van der Waals surface area contributed by atoms with Crippen LogP contribution in [0.2, 0.25) is 0 Å². The lowest BCUT2D eigenvalue weighted by molar-refractivity contribution is -0.134. The maximum Gasteiger partial charge on any atom is 0.300 e. The molecule has 1 unspecified atom stereocenters. The highest BCUT2D eigenvalue weighted by Gasteiger charge is 2.49. The molecule has 0 aromatic carbocycles. The summed E-state index contributed by atoms with van der Waals surface area (Å²) in [6.07, 6.45) is 7.06. The third-order valence-electron chi connectivity index (χ3n) is 5.18. The highest BCUT2D eigenvalue weighted by Crippen LogP contribution is 2.43. The van der Waals surface area contributed by atoms with Gasteiger partial charge >= 0.3 is 0 Å². The van der Waals surface area contributed by atoms with E-state index in [2.05, 4.69) is 24.1 Å². The number of carboxylic acids is 1. The van der Waals surface area contributed by atoms with Crippen molar-refractivity contribution in [1.82, 2.24) is 10.2 Å². The Balaban J connectivity index is 0.000000433. The van der Waals surface area contributed by atoms with Crippen LogP contribution in [-0.4, -0.2) is 60.4 Å². The summed E-state index contributed by atoms with van der Waals surface area (Å²) in [4.78, 5) is 11.7. The molecule has 0 aromatic rings. The Morgan fingerprint density at radius 3 is 2.48 bits per heavy atom. The lowest BCUT2D eigenvalue weighted by atomic mass is 9.90. The minimum Gasteiger partial charge on any atom is -0.481 e. The van der Waals surface area contributed by atoms with Crippen molar-refractivity contribution in [1.29, 1.82) is 0 Å². The summed E-state index contributed by atoms with van der Waals surface area (Å²) in [6.45, 7) is 11.8. The van der Waals surface area contributed by atoms with E-state index in [1.54, 1.807) is 0 Å². The largest absolute Gasteiger partial charge is 0.481 e. The van der Waals surface area contributed by atoms with Gasteiger partial charge in [0.05, 0.1) is 11.7 Å². The van der Waals surface area contributed by atoms with Crippen LogP contribution in [0.3, 0.4) is 0 Å². The van der Waals surface area contributed by atoms with Crippen LogP contribution in [0.15, 0.2) is 0 Å². The van der Waals surface area contributed by atoms with Crippen molar-refractivity contribution in [2.75, 3.05) is 32.7 Å². The van der Waals surface area contributed by atoms with Crippen LogP contribution in [0.1, 0.15) is 52.9 Å². The molecule has 23 heavy (non-hydrogen) atoms. The molecular weight excluding hydrogens is 292 g/mol. The second kappa shape index (κ2) is 8.45. The lowest BCUT2D eigenvalue weighted by Gasteiger charge is -2.40. The van der Waals surface area contributed by atoms with Crippen LogP contribution in [0.5, 0.6) is 0 Å². The van der Waals surface area contributed by atoms with Gasteiger partial charge < -0.3 is 20.1 Å². The summed E-state index contributed by atoms with van der Waals surface area (Å²) in [5.41, 5.74) is 0.262. The molecule has 2 heterocycles. The lowest BCUT2D eigenvalue weighted by Crippen LogP contribution is -2.51. The van der Waals surface area contributed by atoms with Gasteiger partial charge in [-0.1, -0.05) is 13.8 Å². The molecule has 3 fully saturated rings. The van der Waals surface area contributed by atoms with E-state index in [-0.39, 0.29) is 5.60 Å². The molecule has 1 spiro atoms. The van der Waals surface area contributed by atoms with Crippen LogP contribution in [-0.2, 0) is 9.53 Å². The number of morpholine rings is 1. The number of hydrogen-bond acceptors (Lipinski definition) is 4. The van der Waals surface area contributed by atoms with Gasteiger partial charge in [-0.3, -0.25) is 4.79 Å². The molecule has 0 amide bonds. The molecule has 3 rings (SSSR count). The van der Waals surface area contributed by atoms with E-state index in [9.17, 15) is 0 Å². The second-order valence-corrected chi connectivity index (χ2v) is 7.85. The molecule has 2 saturated heterocycles. The van der Waals surface area contributed by atoms with Crippen LogP contribution in [0.4, 0.5) is 0 Å². The maximum absolute atomic E-state index is 9.00. The highest BCUT2D eigenvalue weighted by molar-refractivity contribution is 5.62. The molecule has 1 atom stereocenters. The van der Waals surface area contributed by atoms with Gasteiger partial charge in [0, 0.05) is 20.0 Å². The van der Waals surface area contributed by atoms with Crippen LogP contribution in [0.25, 0.3) is 0 Å². The van der Waals surface area contributed by atoms with Crippen LogP contribution >= 0.6 is 0 Å². The number of carbonyl (C=O) groups is 1. The van der Waals surface area contributed by atoms with Crippen LogP contribution < -0.4 is 5.32 Å². The molecule has 2 N–H and O–H groups in total. The molecule has 2 aliphatic heterocycles. The van der Waals surface area contributed by atoms with Gasteiger partial charge in [0.1, 0.15) is 0 Å². The molecule has 0 aromatic heterocycles. The number of piperidine rings is 1. The third-order valence-corrected chi connectivity index (χ3v) is 5.18. The summed E-state index contributed by atoms with van der Waals surface area (Å²) < 4.78 is 6.38. The zero-order valence-corrected chi connectivity index (χ0v) is 15.0. The van der Waals surface area contributed by atoms with Gasteiger partial charge in [-0.2, -0.15) is 0 Å². The summed E-state index contributed by atoms with van der Waals surface area (Å²) in [6, 6.07) is 0. The fourth-order valence-electron chi connectivity index (χ4n) is 3.53. The van der Waals surface area contributed by atoms with Gasteiger partial charge in [0.2, 0.25) is 0 Å². The Bertz CT molecular complexity index is 370. The summed E-state index contributed by atoms with van der Waals surface area (Å²) >= 11 is 0. The first-order valence-electron chi connectivity index (χ1n) is 9.21. The van der Waals surface area contributed by atoms with Gasteiger partial charge in [-0.15, -0.1) is 0 Å². The van der Waals surface area contributed by atoms with E-state index >= 15 is 0 Å². The number of likely N-dealkylation sites (tertiary alicyclic amines) is 1. The van der Waals surface area contributed by atoms with E-state index in [1.165, 1.54) is 51.7 Å². The smallest absolute Gasteiger partial charge is 0.300 e. The third kappa shape index (κ3) is 6.40. The van der Waals surface area contributed by atoms with E-state index in [0.717, 1.165) is 31.8 Å². The Morgan fingerprint density at radius 1 is 1.35 bits per heavy atom. The van der Waals surface area contributed by atoms with Crippen molar-refractivity contribution in [2.45, 2.75) is 64.6 Å². The van der Waals surface area contributed by atoms with Crippen molar-refractivity contribution in [2.24, 2.45) is 11.8 Å². The van der Waals surface area contributed by atoms with E-state index in [0.29, 0.717) is 6.10 Å². The summed E-state index contributed by atoms with van der Waals surface area (Å²) in [7, 11) is 0. The number of aliphatic carboxylic acids is 1. The quantitative estimate of drug-likeness (QED) is 0.830. The first-order valence-corrected chi connectivity index (χ1v) is 9.21. The highest BCUT2D eigenvalue weighted by atomic mass is 16.5. The Kier molecular flexibility index (Phi) is 6.86. The first kappa shape index (κ1) is 18.7.